The smallest absolute Gasteiger partial charge is 0.0846 e. The van der Waals surface area contributed by atoms with E-state index in [0.717, 1.165) is 11.0 Å². The van der Waals surface area contributed by atoms with E-state index in [1.165, 1.54) is 10.8 Å². The second-order valence-electron chi connectivity index (χ2n) is 6.05. The van der Waals surface area contributed by atoms with E-state index in [1.54, 1.807) is 0 Å². The SMILES string of the molecule is Cl.OCCN(CCO)CC(O)Cn1c2ccccc2c2ccccc21. The molecule has 25 heavy (non-hydrogen) atoms. The number of para-hydroxylation sites is 2. The number of aromatic nitrogens is 1. The average molecular weight is 365 g/mol. The summed E-state index contributed by atoms with van der Waals surface area (Å²) in [6.45, 7) is 1.82. The first-order valence-corrected chi connectivity index (χ1v) is 8.32. The molecule has 1 aromatic heterocycles. The van der Waals surface area contributed by atoms with Crippen LogP contribution in [0.2, 0.25) is 0 Å². The highest BCUT2D eigenvalue weighted by atomic mass is 35.5. The average Bonchev–Trinajstić information content (AvgIpc) is 2.90. The standard InChI is InChI=1S/C19H24N2O3.ClH/c22-11-9-20(10-12-23)13-15(24)14-21-18-7-3-1-5-16(18)17-6-2-4-8-19(17)21;/h1-8,15,22-24H,9-14H2;1H. The molecular formula is C19H25ClN2O3. The van der Waals surface area contributed by atoms with E-state index in [9.17, 15) is 5.11 Å². The summed E-state index contributed by atoms with van der Waals surface area (Å²) >= 11 is 0. The molecule has 0 aliphatic rings. The lowest BCUT2D eigenvalue weighted by Crippen LogP contribution is -2.38. The lowest BCUT2D eigenvalue weighted by atomic mass is 10.2. The van der Waals surface area contributed by atoms with Crippen molar-refractivity contribution in [3.05, 3.63) is 48.5 Å². The Labute approximate surface area is 153 Å². The Morgan fingerprint density at radius 1 is 0.840 bits per heavy atom. The van der Waals surface area contributed by atoms with Gasteiger partial charge in [-0.1, -0.05) is 36.4 Å². The molecule has 0 radical (unpaired) electrons. The van der Waals surface area contributed by atoms with Gasteiger partial charge in [-0.15, -0.1) is 12.4 Å². The van der Waals surface area contributed by atoms with Gasteiger partial charge in [0.05, 0.1) is 25.9 Å². The molecule has 0 amide bonds. The third-order valence-electron chi connectivity index (χ3n) is 4.37. The van der Waals surface area contributed by atoms with Crippen LogP contribution in [0.1, 0.15) is 0 Å². The Balaban J connectivity index is 0.00000225. The maximum absolute atomic E-state index is 10.5. The van der Waals surface area contributed by atoms with Gasteiger partial charge in [0.15, 0.2) is 0 Å². The van der Waals surface area contributed by atoms with Crippen LogP contribution >= 0.6 is 12.4 Å². The van der Waals surface area contributed by atoms with Gasteiger partial charge >= 0.3 is 0 Å². The third kappa shape index (κ3) is 4.32. The number of benzene rings is 2. The van der Waals surface area contributed by atoms with Gasteiger partial charge in [0.25, 0.3) is 0 Å². The van der Waals surface area contributed by atoms with Crippen LogP contribution < -0.4 is 0 Å². The van der Waals surface area contributed by atoms with Crippen molar-refractivity contribution in [2.24, 2.45) is 0 Å². The van der Waals surface area contributed by atoms with E-state index >= 15 is 0 Å². The second-order valence-corrected chi connectivity index (χ2v) is 6.05. The van der Waals surface area contributed by atoms with Crippen molar-refractivity contribution in [2.45, 2.75) is 12.6 Å². The molecule has 1 atom stereocenters. The number of aliphatic hydroxyl groups is 3. The first kappa shape index (κ1) is 19.7. The van der Waals surface area contributed by atoms with Gasteiger partial charge in [0, 0.05) is 41.4 Å². The minimum Gasteiger partial charge on any atom is -0.395 e. The van der Waals surface area contributed by atoms with Crippen LogP contribution in [0.15, 0.2) is 48.5 Å². The third-order valence-corrected chi connectivity index (χ3v) is 4.37. The van der Waals surface area contributed by atoms with Crippen molar-refractivity contribution in [1.29, 1.82) is 0 Å². The molecule has 0 aliphatic carbocycles. The molecule has 3 N–H and O–H groups in total. The van der Waals surface area contributed by atoms with Gasteiger partial charge in [0.2, 0.25) is 0 Å². The molecule has 136 valence electrons. The van der Waals surface area contributed by atoms with E-state index < -0.39 is 6.10 Å². The lowest BCUT2D eigenvalue weighted by Gasteiger charge is -2.24. The van der Waals surface area contributed by atoms with Crippen LogP contribution in [0.5, 0.6) is 0 Å². The summed E-state index contributed by atoms with van der Waals surface area (Å²) in [6, 6.07) is 16.4. The van der Waals surface area contributed by atoms with E-state index in [4.69, 9.17) is 10.2 Å². The number of aliphatic hydroxyl groups excluding tert-OH is 3. The molecule has 0 spiro atoms. The van der Waals surface area contributed by atoms with Crippen LogP contribution in [-0.2, 0) is 6.54 Å². The highest BCUT2D eigenvalue weighted by Crippen LogP contribution is 2.28. The van der Waals surface area contributed by atoms with Gasteiger partial charge in [-0.05, 0) is 12.1 Å². The highest BCUT2D eigenvalue weighted by Gasteiger charge is 2.15. The summed E-state index contributed by atoms with van der Waals surface area (Å²) in [6.07, 6.45) is -0.581. The maximum Gasteiger partial charge on any atom is 0.0846 e. The summed E-state index contributed by atoms with van der Waals surface area (Å²) in [5, 5.41) is 31.1. The summed E-state index contributed by atoms with van der Waals surface area (Å²) < 4.78 is 2.14. The van der Waals surface area contributed by atoms with Crippen molar-refractivity contribution >= 4 is 34.2 Å². The summed E-state index contributed by atoms with van der Waals surface area (Å²) in [4.78, 5) is 1.87. The number of halogens is 1. The molecule has 3 aromatic rings. The molecule has 2 aromatic carbocycles. The predicted octanol–water partition coefficient (Wildman–Crippen LogP) is 1.86. The summed E-state index contributed by atoms with van der Waals surface area (Å²) in [5.74, 6) is 0. The van der Waals surface area contributed by atoms with Crippen LogP contribution in [0.3, 0.4) is 0 Å². The second kappa shape index (κ2) is 9.17. The van der Waals surface area contributed by atoms with Crippen molar-refractivity contribution in [1.82, 2.24) is 9.47 Å². The van der Waals surface area contributed by atoms with Crippen molar-refractivity contribution in [2.75, 3.05) is 32.8 Å². The largest absolute Gasteiger partial charge is 0.395 e. The maximum atomic E-state index is 10.5. The van der Waals surface area contributed by atoms with Crippen molar-refractivity contribution < 1.29 is 15.3 Å². The van der Waals surface area contributed by atoms with E-state index in [-0.39, 0.29) is 25.6 Å². The number of fused-ring (bicyclic) bond motifs is 3. The molecule has 6 heteroatoms. The van der Waals surface area contributed by atoms with Crippen LogP contribution in [0.4, 0.5) is 0 Å². The molecule has 5 nitrogen and oxygen atoms in total. The molecule has 0 fully saturated rings. The lowest BCUT2D eigenvalue weighted by molar-refractivity contribution is 0.0787. The normalized spacial score (nSPS) is 12.6. The Hall–Kier alpha value is -1.63. The van der Waals surface area contributed by atoms with Gasteiger partial charge in [-0.2, -0.15) is 0 Å². The quantitative estimate of drug-likeness (QED) is 0.570. The topological polar surface area (TPSA) is 68.9 Å². The molecule has 1 heterocycles. The van der Waals surface area contributed by atoms with Crippen molar-refractivity contribution in [3.8, 4) is 0 Å². The molecular weight excluding hydrogens is 340 g/mol. The molecule has 0 bridgehead atoms. The highest BCUT2D eigenvalue weighted by molar-refractivity contribution is 6.07. The monoisotopic (exact) mass is 364 g/mol. The Kier molecular flexibility index (Phi) is 7.23. The fourth-order valence-electron chi connectivity index (χ4n) is 3.34. The fraction of sp³-hybridized carbons (Fsp3) is 0.368. The van der Waals surface area contributed by atoms with E-state index in [0.29, 0.717) is 26.2 Å². The zero-order valence-electron chi connectivity index (χ0n) is 14.1. The first-order chi connectivity index (χ1) is 11.7. The number of hydrogen-bond acceptors (Lipinski definition) is 4. The Bertz CT molecular complexity index is 746. The minimum atomic E-state index is -0.581. The van der Waals surface area contributed by atoms with Crippen LogP contribution in [0.25, 0.3) is 21.8 Å². The minimum absolute atomic E-state index is 0. The fourth-order valence-corrected chi connectivity index (χ4v) is 3.34. The zero-order valence-corrected chi connectivity index (χ0v) is 14.9. The zero-order chi connectivity index (χ0) is 16.9. The summed E-state index contributed by atoms with van der Waals surface area (Å²) in [5.41, 5.74) is 2.21. The van der Waals surface area contributed by atoms with Crippen LogP contribution in [0, 0.1) is 0 Å². The van der Waals surface area contributed by atoms with E-state index in [1.807, 2.05) is 29.2 Å². The molecule has 1 unspecified atom stereocenters. The van der Waals surface area contributed by atoms with E-state index in [2.05, 4.69) is 28.8 Å². The number of hydrogen-bond donors (Lipinski definition) is 3. The van der Waals surface area contributed by atoms with Gasteiger partial charge in [-0.3, -0.25) is 4.90 Å². The molecule has 3 rings (SSSR count). The molecule has 0 saturated carbocycles. The predicted molar refractivity (Wildman–Crippen MR) is 103 cm³/mol. The summed E-state index contributed by atoms with van der Waals surface area (Å²) in [7, 11) is 0. The first-order valence-electron chi connectivity index (χ1n) is 8.32. The van der Waals surface area contributed by atoms with Gasteiger partial charge in [0.1, 0.15) is 0 Å². The number of rotatable bonds is 8. The Morgan fingerprint density at radius 2 is 1.32 bits per heavy atom. The van der Waals surface area contributed by atoms with Gasteiger partial charge < -0.3 is 19.9 Å². The number of nitrogens with zero attached hydrogens (tertiary/aromatic N) is 2. The Morgan fingerprint density at radius 3 is 1.80 bits per heavy atom. The van der Waals surface area contributed by atoms with Crippen LogP contribution in [-0.4, -0.2) is 63.7 Å². The van der Waals surface area contributed by atoms with Gasteiger partial charge in [-0.25, -0.2) is 0 Å². The van der Waals surface area contributed by atoms with Crippen molar-refractivity contribution in [3.63, 3.8) is 0 Å². The molecule has 0 aliphatic heterocycles. The molecule has 0 saturated heterocycles.